The second-order valence-electron chi connectivity index (χ2n) is 5.35. The number of nitrogens with one attached hydrogen (secondary N) is 2. The average molecular weight is 286 g/mol. The lowest BCUT2D eigenvalue weighted by molar-refractivity contribution is -0.139. The average Bonchev–Trinajstić information content (AvgIpc) is 2.44. The minimum absolute atomic E-state index is 0.0370. The predicted octanol–water partition coefficient (Wildman–Crippen LogP) is 1.89. The molecule has 6 nitrogen and oxygen atoms in total. The van der Waals surface area contributed by atoms with Gasteiger partial charge in [0.15, 0.2) is 0 Å². The summed E-state index contributed by atoms with van der Waals surface area (Å²) >= 11 is 0. The summed E-state index contributed by atoms with van der Waals surface area (Å²) in [7, 11) is 0. The van der Waals surface area contributed by atoms with E-state index in [1.54, 1.807) is 6.92 Å². The fourth-order valence-electron chi connectivity index (χ4n) is 2.62. The van der Waals surface area contributed by atoms with Crippen LogP contribution in [0.15, 0.2) is 0 Å². The SMILES string of the molecule is CC[C@H](NC(=O)NC1CCOC(CC)(CC)C1)C(=O)O. The van der Waals surface area contributed by atoms with E-state index in [1.165, 1.54) is 0 Å². The van der Waals surface area contributed by atoms with Gasteiger partial charge < -0.3 is 20.5 Å². The fraction of sp³-hybridized carbons (Fsp3) is 0.857. The first kappa shape index (κ1) is 16.8. The van der Waals surface area contributed by atoms with Crippen molar-refractivity contribution in [1.29, 1.82) is 0 Å². The molecule has 0 aromatic rings. The minimum Gasteiger partial charge on any atom is -0.480 e. The normalized spacial score (nSPS) is 22.9. The molecule has 0 aliphatic carbocycles. The number of carbonyl (C=O) groups is 2. The van der Waals surface area contributed by atoms with E-state index < -0.39 is 18.0 Å². The van der Waals surface area contributed by atoms with E-state index in [0.717, 1.165) is 25.7 Å². The number of hydrogen-bond acceptors (Lipinski definition) is 3. The van der Waals surface area contributed by atoms with Crippen molar-refractivity contribution in [2.45, 2.75) is 70.6 Å². The summed E-state index contributed by atoms with van der Waals surface area (Å²) in [6, 6.07) is -1.21. The topological polar surface area (TPSA) is 87.7 Å². The van der Waals surface area contributed by atoms with Gasteiger partial charge in [-0.25, -0.2) is 9.59 Å². The molecule has 0 radical (unpaired) electrons. The van der Waals surface area contributed by atoms with Crippen molar-refractivity contribution in [3.05, 3.63) is 0 Å². The molecule has 1 saturated heterocycles. The summed E-state index contributed by atoms with van der Waals surface area (Å²) in [4.78, 5) is 22.7. The summed E-state index contributed by atoms with van der Waals surface area (Å²) in [5.41, 5.74) is -0.160. The summed E-state index contributed by atoms with van der Waals surface area (Å²) in [5.74, 6) is -1.01. The summed E-state index contributed by atoms with van der Waals surface area (Å²) in [5, 5.41) is 14.3. The number of carbonyl (C=O) groups excluding carboxylic acids is 1. The number of aliphatic carboxylic acids is 1. The molecule has 1 aliphatic heterocycles. The summed E-state index contributed by atoms with van der Waals surface area (Å²) in [6.07, 6.45) is 3.73. The number of ether oxygens (including phenoxy) is 1. The van der Waals surface area contributed by atoms with E-state index in [4.69, 9.17) is 9.84 Å². The summed E-state index contributed by atoms with van der Waals surface area (Å²) in [6.45, 7) is 6.53. The van der Waals surface area contributed by atoms with Crippen molar-refractivity contribution in [3.63, 3.8) is 0 Å². The molecule has 0 spiro atoms. The molecule has 1 unspecified atom stereocenters. The van der Waals surface area contributed by atoms with Gasteiger partial charge in [0.25, 0.3) is 0 Å². The first-order valence-corrected chi connectivity index (χ1v) is 7.40. The van der Waals surface area contributed by atoms with Crippen LogP contribution in [-0.2, 0) is 9.53 Å². The molecular weight excluding hydrogens is 260 g/mol. The van der Waals surface area contributed by atoms with Crippen LogP contribution in [0.4, 0.5) is 4.79 Å². The molecule has 1 fully saturated rings. The van der Waals surface area contributed by atoms with Crippen LogP contribution in [0.5, 0.6) is 0 Å². The van der Waals surface area contributed by atoms with Crippen molar-refractivity contribution in [3.8, 4) is 0 Å². The Bertz CT molecular complexity index is 342. The zero-order valence-electron chi connectivity index (χ0n) is 12.6. The van der Waals surface area contributed by atoms with Gasteiger partial charge in [-0.1, -0.05) is 20.8 Å². The third kappa shape index (κ3) is 4.37. The van der Waals surface area contributed by atoms with Crippen LogP contribution in [0.1, 0.15) is 52.9 Å². The maximum absolute atomic E-state index is 11.8. The third-order valence-electron chi connectivity index (χ3n) is 4.13. The molecule has 2 amide bonds. The Balaban J connectivity index is 2.51. The van der Waals surface area contributed by atoms with E-state index in [-0.39, 0.29) is 11.6 Å². The maximum Gasteiger partial charge on any atom is 0.326 e. The van der Waals surface area contributed by atoms with Gasteiger partial charge >= 0.3 is 12.0 Å². The van der Waals surface area contributed by atoms with Crippen molar-refractivity contribution in [1.82, 2.24) is 10.6 Å². The first-order chi connectivity index (χ1) is 9.46. The lowest BCUT2D eigenvalue weighted by Crippen LogP contribution is -2.53. The van der Waals surface area contributed by atoms with Crippen LogP contribution < -0.4 is 10.6 Å². The number of hydrogen-bond donors (Lipinski definition) is 3. The second-order valence-corrected chi connectivity index (χ2v) is 5.35. The first-order valence-electron chi connectivity index (χ1n) is 7.40. The van der Waals surface area contributed by atoms with Gasteiger partial charge in [-0.3, -0.25) is 0 Å². The highest BCUT2D eigenvalue weighted by atomic mass is 16.5. The Labute approximate surface area is 120 Å². The molecule has 6 heteroatoms. The van der Waals surface area contributed by atoms with Gasteiger partial charge in [-0.05, 0) is 32.1 Å². The van der Waals surface area contributed by atoms with E-state index >= 15 is 0 Å². The zero-order chi connectivity index (χ0) is 15.2. The van der Waals surface area contributed by atoms with Crippen molar-refractivity contribution in [2.75, 3.05) is 6.61 Å². The number of carboxylic acid groups (broad SMARTS) is 1. The number of carboxylic acids is 1. The van der Waals surface area contributed by atoms with Gasteiger partial charge in [0, 0.05) is 12.6 Å². The van der Waals surface area contributed by atoms with Gasteiger partial charge in [-0.2, -0.15) is 0 Å². The predicted molar refractivity (Wildman–Crippen MR) is 75.7 cm³/mol. The van der Waals surface area contributed by atoms with Gasteiger partial charge in [0.2, 0.25) is 0 Å². The maximum atomic E-state index is 11.8. The molecule has 3 N–H and O–H groups in total. The molecule has 20 heavy (non-hydrogen) atoms. The van der Waals surface area contributed by atoms with Crippen LogP contribution in [0.25, 0.3) is 0 Å². The van der Waals surface area contributed by atoms with Crippen molar-refractivity contribution in [2.24, 2.45) is 0 Å². The highest BCUT2D eigenvalue weighted by molar-refractivity contribution is 5.82. The largest absolute Gasteiger partial charge is 0.480 e. The molecular formula is C14H26N2O4. The van der Waals surface area contributed by atoms with Crippen molar-refractivity contribution >= 4 is 12.0 Å². The van der Waals surface area contributed by atoms with Crippen LogP contribution in [0, 0.1) is 0 Å². The van der Waals surface area contributed by atoms with E-state index in [2.05, 4.69) is 24.5 Å². The summed E-state index contributed by atoms with van der Waals surface area (Å²) < 4.78 is 5.85. The van der Waals surface area contributed by atoms with E-state index in [1.807, 2.05) is 0 Å². The molecule has 0 aromatic heterocycles. The van der Waals surface area contributed by atoms with E-state index in [9.17, 15) is 9.59 Å². The quantitative estimate of drug-likeness (QED) is 0.695. The Morgan fingerprint density at radius 3 is 2.50 bits per heavy atom. The van der Waals surface area contributed by atoms with Crippen molar-refractivity contribution < 1.29 is 19.4 Å². The Morgan fingerprint density at radius 2 is 2.00 bits per heavy atom. The number of urea groups is 1. The zero-order valence-corrected chi connectivity index (χ0v) is 12.6. The van der Waals surface area contributed by atoms with Gasteiger partial charge in [0.05, 0.1) is 5.60 Å². The monoisotopic (exact) mass is 286 g/mol. The fourth-order valence-corrected chi connectivity index (χ4v) is 2.62. The van der Waals surface area contributed by atoms with Gasteiger partial charge in [0.1, 0.15) is 6.04 Å². The third-order valence-corrected chi connectivity index (χ3v) is 4.13. The second kappa shape index (κ2) is 7.47. The molecule has 0 bridgehead atoms. The lowest BCUT2D eigenvalue weighted by Gasteiger charge is -2.40. The Kier molecular flexibility index (Phi) is 6.26. The molecule has 116 valence electrons. The molecule has 1 aliphatic rings. The van der Waals surface area contributed by atoms with Crippen LogP contribution in [-0.4, -0.2) is 41.4 Å². The highest BCUT2D eigenvalue weighted by Gasteiger charge is 2.35. The van der Waals surface area contributed by atoms with E-state index in [0.29, 0.717) is 13.0 Å². The standard InChI is InChI=1S/C14H26N2O4/c1-4-11(12(17)18)16-13(19)15-10-7-8-20-14(5-2,6-3)9-10/h10-11H,4-9H2,1-3H3,(H,17,18)(H2,15,16,19)/t10?,11-/m0/s1. The lowest BCUT2D eigenvalue weighted by atomic mass is 9.86. The molecule has 1 heterocycles. The molecule has 1 rings (SSSR count). The Morgan fingerprint density at radius 1 is 1.35 bits per heavy atom. The highest BCUT2D eigenvalue weighted by Crippen LogP contribution is 2.31. The number of rotatable bonds is 6. The molecule has 0 saturated carbocycles. The van der Waals surface area contributed by atoms with Crippen LogP contribution >= 0.6 is 0 Å². The van der Waals surface area contributed by atoms with Gasteiger partial charge in [-0.15, -0.1) is 0 Å². The van der Waals surface area contributed by atoms with Crippen LogP contribution in [0.2, 0.25) is 0 Å². The Hall–Kier alpha value is -1.30. The molecule has 2 atom stereocenters. The number of amides is 2. The smallest absolute Gasteiger partial charge is 0.326 e. The minimum atomic E-state index is -1.01. The molecule has 0 aromatic carbocycles. The van der Waals surface area contributed by atoms with Crippen LogP contribution in [0.3, 0.4) is 0 Å².